The number of hydrogen-bond acceptors (Lipinski definition) is 3. The van der Waals surface area contributed by atoms with Crippen molar-refractivity contribution in [2.24, 2.45) is 5.92 Å². The van der Waals surface area contributed by atoms with Crippen molar-refractivity contribution in [3.05, 3.63) is 54.3 Å². The van der Waals surface area contributed by atoms with Gasteiger partial charge in [-0.3, -0.25) is 4.79 Å². The van der Waals surface area contributed by atoms with E-state index in [4.69, 9.17) is 9.47 Å². The van der Waals surface area contributed by atoms with Gasteiger partial charge in [-0.1, -0.05) is 24.3 Å². The molecule has 1 saturated heterocycles. The summed E-state index contributed by atoms with van der Waals surface area (Å²) in [7, 11) is 0. The Morgan fingerprint density at radius 2 is 2.00 bits per heavy atom. The van der Waals surface area contributed by atoms with Crippen LogP contribution < -0.4 is 10.1 Å². The van der Waals surface area contributed by atoms with E-state index in [1.165, 1.54) is 6.07 Å². The van der Waals surface area contributed by atoms with Gasteiger partial charge in [0.2, 0.25) is 5.91 Å². The first-order valence-electron chi connectivity index (χ1n) is 7.14. The number of carbonyl (C=O) groups excluding carboxylic acids is 1. The van der Waals surface area contributed by atoms with E-state index in [-0.39, 0.29) is 23.3 Å². The Hall–Kier alpha value is -2.40. The highest BCUT2D eigenvalue weighted by Crippen LogP contribution is 2.32. The zero-order valence-electron chi connectivity index (χ0n) is 11.9. The first-order chi connectivity index (χ1) is 10.7. The van der Waals surface area contributed by atoms with Gasteiger partial charge in [0.15, 0.2) is 11.6 Å². The number of nitrogens with one attached hydrogen (secondary N) is 1. The molecule has 1 N–H and O–H groups in total. The summed E-state index contributed by atoms with van der Waals surface area (Å²) in [5, 5.41) is 2.62. The van der Waals surface area contributed by atoms with Crippen LogP contribution in [0, 0.1) is 11.7 Å². The van der Waals surface area contributed by atoms with Crippen LogP contribution in [0.15, 0.2) is 48.5 Å². The molecule has 1 aliphatic heterocycles. The maximum atomic E-state index is 14.1. The number of rotatable bonds is 4. The molecule has 0 saturated carbocycles. The molecule has 1 heterocycles. The van der Waals surface area contributed by atoms with Gasteiger partial charge in [-0.05, 0) is 30.7 Å². The summed E-state index contributed by atoms with van der Waals surface area (Å²) in [5.74, 6) is -0.170. The number of hydrogen-bond donors (Lipinski definition) is 1. The molecule has 2 aromatic carbocycles. The monoisotopic (exact) mass is 301 g/mol. The van der Waals surface area contributed by atoms with Gasteiger partial charge in [-0.2, -0.15) is 0 Å². The van der Waals surface area contributed by atoms with Gasteiger partial charge in [0.05, 0.1) is 12.5 Å². The SMILES string of the molecule is O=C(Nc1c(F)cccc1Oc1ccccc1)C1CCOC1. The summed E-state index contributed by atoms with van der Waals surface area (Å²) < 4.78 is 24.9. The standard InChI is InChI=1S/C17H16FNO3/c18-14-7-4-8-15(22-13-5-2-1-3-6-13)16(14)19-17(20)12-9-10-21-11-12/h1-8,12H,9-11H2,(H,19,20). The van der Waals surface area contributed by atoms with Crippen molar-refractivity contribution in [3.8, 4) is 11.5 Å². The van der Waals surface area contributed by atoms with Gasteiger partial charge in [0.1, 0.15) is 11.4 Å². The van der Waals surface area contributed by atoms with E-state index in [0.717, 1.165) is 0 Å². The van der Waals surface area contributed by atoms with E-state index in [1.54, 1.807) is 24.3 Å². The Morgan fingerprint density at radius 3 is 2.73 bits per heavy atom. The molecule has 1 fully saturated rings. The van der Waals surface area contributed by atoms with Crippen molar-refractivity contribution in [1.82, 2.24) is 0 Å². The van der Waals surface area contributed by atoms with Crippen molar-refractivity contribution in [2.75, 3.05) is 18.5 Å². The summed E-state index contributed by atoms with van der Waals surface area (Å²) in [6.07, 6.45) is 0.648. The van der Waals surface area contributed by atoms with Crippen LogP contribution in [0.5, 0.6) is 11.5 Å². The van der Waals surface area contributed by atoms with Gasteiger partial charge < -0.3 is 14.8 Å². The average Bonchev–Trinajstić information content (AvgIpc) is 3.06. The van der Waals surface area contributed by atoms with Crippen LogP contribution in [-0.4, -0.2) is 19.1 Å². The summed E-state index contributed by atoms with van der Waals surface area (Å²) in [6, 6.07) is 13.5. The summed E-state index contributed by atoms with van der Waals surface area (Å²) in [4.78, 5) is 12.2. The summed E-state index contributed by atoms with van der Waals surface area (Å²) >= 11 is 0. The molecule has 0 bridgehead atoms. The minimum Gasteiger partial charge on any atom is -0.455 e. The molecule has 5 heteroatoms. The van der Waals surface area contributed by atoms with Crippen LogP contribution in [0.25, 0.3) is 0 Å². The van der Waals surface area contributed by atoms with Crippen molar-refractivity contribution in [3.63, 3.8) is 0 Å². The molecular formula is C17H16FNO3. The number of benzene rings is 2. The van der Waals surface area contributed by atoms with E-state index in [1.807, 2.05) is 18.2 Å². The Bertz CT molecular complexity index is 654. The van der Waals surface area contributed by atoms with Crippen LogP contribution >= 0.6 is 0 Å². The molecule has 2 aromatic rings. The van der Waals surface area contributed by atoms with Crippen molar-refractivity contribution < 1.29 is 18.7 Å². The molecule has 22 heavy (non-hydrogen) atoms. The fourth-order valence-corrected chi connectivity index (χ4v) is 2.29. The molecular weight excluding hydrogens is 285 g/mol. The van der Waals surface area contributed by atoms with Gasteiger partial charge in [0.25, 0.3) is 0 Å². The van der Waals surface area contributed by atoms with Crippen LogP contribution in [0.3, 0.4) is 0 Å². The third-order valence-electron chi connectivity index (χ3n) is 3.50. The third-order valence-corrected chi connectivity index (χ3v) is 3.50. The highest BCUT2D eigenvalue weighted by molar-refractivity contribution is 5.94. The zero-order valence-corrected chi connectivity index (χ0v) is 11.9. The predicted octanol–water partition coefficient (Wildman–Crippen LogP) is 3.59. The molecule has 1 unspecified atom stereocenters. The van der Waals surface area contributed by atoms with Crippen LogP contribution in [0.2, 0.25) is 0 Å². The largest absolute Gasteiger partial charge is 0.455 e. The Balaban J connectivity index is 1.81. The summed E-state index contributed by atoms with van der Waals surface area (Å²) in [5.41, 5.74) is 0.0586. The molecule has 114 valence electrons. The highest BCUT2D eigenvalue weighted by Gasteiger charge is 2.25. The normalized spacial score (nSPS) is 17.2. The van der Waals surface area contributed by atoms with Crippen LogP contribution in [0.4, 0.5) is 10.1 Å². The molecule has 0 radical (unpaired) electrons. The fourth-order valence-electron chi connectivity index (χ4n) is 2.29. The van der Waals surface area contributed by atoms with E-state index < -0.39 is 5.82 Å². The van der Waals surface area contributed by atoms with Crippen LogP contribution in [0.1, 0.15) is 6.42 Å². The molecule has 0 spiro atoms. The second kappa shape index (κ2) is 6.58. The van der Waals surface area contributed by atoms with E-state index in [9.17, 15) is 9.18 Å². The molecule has 3 rings (SSSR count). The minimum atomic E-state index is -0.527. The average molecular weight is 301 g/mol. The predicted molar refractivity (Wildman–Crippen MR) is 80.5 cm³/mol. The van der Waals surface area contributed by atoms with Crippen LogP contribution in [-0.2, 0) is 9.53 Å². The zero-order chi connectivity index (χ0) is 15.4. The molecule has 0 aromatic heterocycles. The number of halogens is 1. The first-order valence-corrected chi connectivity index (χ1v) is 7.14. The highest BCUT2D eigenvalue weighted by atomic mass is 19.1. The lowest BCUT2D eigenvalue weighted by molar-refractivity contribution is -0.119. The first kappa shape index (κ1) is 14.5. The second-order valence-corrected chi connectivity index (χ2v) is 5.08. The van der Waals surface area contributed by atoms with Crippen molar-refractivity contribution in [1.29, 1.82) is 0 Å². The summed E-state index contributed by atoms with van der Waals surface area (Å²) in [6.45, 7) is 0.928. The minimum absolute atomic E-state index is 0.0586. The van der Waals surface area contributed by atoms with E-state index in [0.29, 0.717) is 25.4 Å². The number of para-hydroxylation sites is 2. The lowest BCUT2D eigenvalue weighted by Crippen LogP contribution is -2.23. The van der Waals surface area contributed by atoms with Gasteiger partial charge in [-0.15, -0.1) is 0 Å². The van der Waals surface area contributed by atoms with E-state index in [2.05, 4.69) is 5.32 Å². The Kier molecular flexibility index (Phi) is 4.34. The maximum Gasteiger partial charge on any atom is 0.230 e. The Labute approximate surface area is 127 Å². The van der Waals surface area contributed by atoms with Crippen molar-refractivity contribution in [2.45, 2.75) is 6.42 Å². The molecule has 1 aliphatic rings. The van der Waals surface area contributed by atoms with Gasteiger partial charge in [0, 0.05) is 6.61 Å². The molecule has 0 aliphatic carbocycles. The topological polar surface area (TPSA) is 47.6 Å². The number of ether oxygens (including phenoxy) is 2. The number of anilines is 1. The number of amides is 1. The smallest absolute Gasteiger partial charge is 0.230 e. The molecule has 4 nitrogen and oxygen atoms in total. The van der Waals surface area contributed by atoms with E-state index >= 15 is 0 Å². The van der Waals surface area contributed by atoms with Gasteiger partial charge >= 0.3 is 0 Å². The fraction of sp³-hybridized carbons (Fsp3) is 0.235. The lowest BCUT2D eigenvalue weighted by Gasteiger charge is -2.14. The quantitative estimate of drug-likeness (QED) is 0.938. The maximum absolute atomic E-state index is 14.1. The third kappa shape index (κ3) is 3.26. The number of carbonyl (C=O) groups is 1. The Morgan fingerprint density at radius 1 is 1.18 bits per heavy atom. The van der Waals surface area contributed by atoms with Crippen molar-refractivity contribution >= 4 is 11.6 Å². The lowest BCUT2D eigenvalue weighted by atomic mass is 10.1. The molecule has 1 atom stereocenters. The molecule has 1 amide bonds. The second-order valence-electron chi connectivity index (χ2n) is 5.08. The van der Waals surface area contributed by atoms with Gasteiger partial charge in [-0.25, -0.2) is 4.39 Å².